The normalized spacial score (nSPS) is 11.8. The zero-order valence-corrected chi connectivity index (χ0v) is 12.2. The third-order valence-corrected chi connectivity index (χ3v) is 4.71. The van der Waals surface area contributed by atoms with Crippen LogP contribution in [0, 0.1) is 0 Å². The van der Waals surface area contributed by atoms with Crippen molar-refractivity contribution in [2.24, 2.45) is 0 Å². The number of fused-ring (bicyclic) bond motifs is 2. The number of benzene rings is 5. The molecule has 0 bridgehead atoms. The van der Waals surface area contributed by atoms with E-state index in [-0.39, 0.29) is 0 Å². The van der Waals surface area contributed by atoms with E-state index in [1.807, 2.05) is 18.2 Å². The van der Waals surface area contributed by atoms with Crippen LogP contribution in [0.25, 0.3) is 43.1 Å². The van der Waals surface area contributed by atoms with Gasteiger partial charge < -0.3 is 5.11 Å². The van der Waals surface area contributed by atoms with Gasteiger partial charge in [0.2, 0.25) is 0 Å². The highest BCUT2D eigenvalue weighted by atomic mass is 16.4. The largest absolute Gasteiger partial charge is 0.478 e. The second kappa shape index (κ2) is 4.20. The van der Waals surface area contributed by atoms with Crippen molar-refractivity contribution in [2.75, 3.05) is 0 Å². The van der Waals surface area contributed by atoms with Crippen molar-refractivity contribution >= 4 is 49.1 Å². The number of hydrogen-bond donors (Lipinski definition) is 1. The smallest absolute Gasteiger partial charge is 0.335 e. The van der Waals surface area contributed by atoms with Crippen molar-refractivity contribution in [1.29, 1.82) is 0 Å². The van der Waals surface area contributed by atoms with E-state index in [2.05, 4.69) is 36.4 Å². The summed E-state index contributed by atoms with van der Waals surface area (Å²) in [5.41, 5.74) is 0.334. The standard InChI is InChI=1S/C21H12O2/c22-21(23)14-10-13-6-3-8-16-15-7-1-4-12-5-2-9-17(19(12)15)18(11-14)20(13)16/h1-11H,(H,22,23). The van der Waals surface area contributed by atoms with Crippen molar-refractivity contribution in [3.05, 3.63) is 72.3 Å². The molecular formula is C21H12O2. The van der Waals surface area contributed by atoms with Gasteiger partial charge in [-0.3, -0.25) is 0 Å². The molecule has 1 N–H and O–H groups in total. The Morgan fingerprint density at radius 2 is 1.17 bits per heavy atom. The van der Waals surface area contributed by atoms with E-state index in [1.165, 1.54) is 21.5 Å². The first kappa shape index (κ1) is 12.4. The molecular weight excluding hydrogens is 284 g/mol. The van der Waals surface area contributed by atoms with Crippen molar-refractivity contribution in [3.63, 3.8) is 0 Å². The Morgan fingerprint density at radius 3 is 1.78 bits per heavy atom. The van der Waals surface area contributed by atoms with Gasteiger partial charge in [-0.15, -0.1) is 0 Å². The number of carbonyl (C=O) groups is 1. The minimum absolute atomic E-state index is 0.334. The highest BCUT2D eigenvalue weighted by molar-refractivity contribution is 6.33. The molecule has 0 aliphatic heterocycles. The quantitative estimate of drug-likeness (QED) is 0.330. The molecule has 5 aromatic carbocycles. The van der Waals surface area contributed by atoms with Gasteiger partial charge in [-0.05, 0) is 55.2 Å². The molecule has 0 heterocycles. The molecule has 2 nitrogen and oxygen atoms in total. The van der Waals surface area contributed by atoms with Gasteiger partial charge >= 0.3 is 5.97 Å². The topological polar surface area (TPSA) is 37.3 Å². The molecule has 0 saturated carbocycles. The molecule has 0 amide bonds. The Bertz CT molecular complexity index is 1230. The van der Waals surface area contributed by atoms with E-state index in [0.29, 0.717) is 5.56 Å². The van der Waals surface area contributed by atoms with Crippen LogP contribution in [0.5, 0.6) is 0 Å². The Kier molecular flexibility index (Phi) is 2.27. The monoisotopic (exact) mass is 296 g/mol. The summed E-state index contributed by atoms with van der Waals surface area (Å²) in [6.45, 7) is 0. The van der Waals surface area contributed by atoms with Gasteiger partial charge in [-0.25, -0.2) is 4.79 Å². The molecule has 5 rings (SSSR count). The van der Waals surface area contributed by atoms with Gasteiger partial charge in [0.05, 0.1) is 5.56 Å². The highest BCUT2D eigenvalue weighted by Gasteiger charge is 2.14. The van der Waals surface area contributed by atoms with Crippen LogP contribution in [0.1, 0.15) is 10.4 Å². The average Bonchev–Trinajstić information content (AvgIpc) is 2.58. The van der Waals surface area contributed by atoms with Gasteiger partial charge in [0, 0.05) is 0 Å². The Morgan fingerprint density at radius 1 is 0.652 bits per heavy atom. The molecule has 0 aromatic heterocycles. The highest BCUT2D eigenvalue weighted by Crippen LogP contribution is 2.40. The van der Waals surface area contributed by atoms with Crippen LogP contribution < -0.4 is 0 Å². The molecule has 0 atom stereocenters. The first-order chi connectivity index (χ1) is 11.2. The minimum Gasteiger partial charge on any atom is -0.478 e. The van der Waals surface area contributed by atoms with Gasteiger partial charge in [-0.2, -0.15) is 0 Å². The van der Waals surface area contributed by atoms with E-state index in [9.17, 15) is 9.90 Å². The number of rotatable bonds is 1. The lowest BCUT2D eigenvalue weighted by atomic mass is 9.89. The molecule has 0 fully saturated rings. The Labute approximate surface area is 131 Å². The SMILES string of the molecule is O=C(O)c1cc2cccc3c4cccc5cccc(c(c1)c23)c54. The van der Waals surface area contributed by atoms with E-state index < -0.39 is 5.97 Å². The van der Waals surface area contributed by atoms with Crippen LogP contribution in [0.15, 0.2) is 66.7 Å². The summed E-state index contributed by atoms with van der Waals surface area (Å²) >= 11 is 0. The van der Waals surface area contributed by atoms with Crippen molar-refractivity contribution < 1.29 is 9.90 Å². The summed E-state index contributed by atoms with van der Waals surface area (Å²) in [4.78, 5) is 11.5. The van der Waals surface area contributed by atoms with E-state index in [0.717, 1.165) is 21.5 Å². The molecule has 108 valence electrons. The third-order valence-electron chi connectivity index (χ3n) is 4.71. The van der Waals surface area contributed by atoms with Crippen LogP contribution in [0.4, 0.5) is 0 Å². The van der Waals surface area contributed by atoms with E-state index in [4.69, 9.17) is 0 Å². The summed E-state index contributed by atoms with van der Waals surface area (Å²) < 4.78 is 0. The molecule has 0 spiro atoms. The van der Waals surface area contributed by atoms with Crippen molar-refractivity contribution in [3.8, 4) is 0 Å². The number of aromatic carboxylic acids is 1. The predicted molar refractivity (Wildman–Crippen MR) is 94.6 cm³/mol. The Balaban J connectivity index is 2.21. The zero-order chi connectivity index (χ0) is 15.6. The lowest BCUT2D eigenvalue weighted by Gasteiger charge is -2.14. The molecule has 2 heteroatoms. The van der Waals surface area contributed by atoms with Gasteiger partial charge in [0.25, 0.3) is 0 Å². The van der Waals surface area contributed by atoms with Crippen LogP contribution >= 0.6 is 0 Å². The summed E-state index contributed by atoms with van der Waals surface area (Å²) in [5, 5.41) is 18.5. The number of carboxylic acids is 1. The molecule has 0 aliphatic carbocycles. The molecule has 0 unspecified atom stereocenters. The van der Waals surface area contributed by atoms with E-state index >= 15 is 0 Å². The lowest BCUT2D eigenvalue weighted by molar-refractivity contribution is 0.0697. The second-order valence-electron chi connectivity index (χ2n) is 5.94. The molecule has 0 aliphatic rings. The molecule has 0 radical (unpaired) electrons. The first-order valence-corrected chi connectivity index (χ1v) is 7.56. The number of hydrogen-bond acceptors (Lipinski definition) is 1. The summed E-state index contributed by atoms with van der Waals surface area (Å²) in [5.74, 6) is -0.889. The summed E-state index contributed by atoms with van der Waals surface area (Å²) in [6, 6.07) is 22.2. The maximum Gasteiger partial charge on any atom is 0.335 e. The third kappa shape index (κ3) is 1.55. The average molecular weight is 296 g/mol. The van der Waals surface area contributed by atoms with Crippen molar-refractivity contribution in [2.45, 2.75) is 0 Å². The fourth-order valence-electron chi connectivity index (χ4n) is 3.78. The van der Waals surface area contributed by atoms with Crippen LogP contribution in [-0.4, -0.2) is 11.1 Å². The fourth-order valence-corrected chi connectivity index (χ4v) is 3.78. The fraction of sp³-hybridized carbons (Fsp3) is 0. The zero-order valence-electron chi connectivity index (χ0n) is 12.2. The lowest BCUT2D eigenvalue weighted by Crippen LogP contribution is -1.97. The molecule has 5 aromatic rings. The van der Waals surface area contributed by atoms with Crippen molar-refractivity contribution in [1.82, 2.24) is 0 Å². The predicted octanol–water partition coefficient (Wildman–Crippen LogP) is 5.44. The van der Waals surface area contributed by atoms with Gasteiger partial charge in [0.15, 0.2) is 0 Å². The molecule has 23 heavy (non-hydrogen) atoms. The van der Waals surface area contributed by atoms with Gasteiger partial charge in [0.1, 0.15) is 0 Å². The minimum atomic E-state index is -0.889. The summed E-state index contributed by atoms with van der Waals surface area (Å²) in [6.07, 6.45) is 0. The Hall–Kier alpha value is -3.13. The second-order valence-corrected chi connectivity index (χ2v) is 5.94. The van der Waals surface area contributed by atoms with Crippen LogP contribution in [-0.2, 0) is 0 Å². The maximum atomic E-state index is 11.5. The van der Waals surface area contributed by atoms with Crippen LogP contribution in [0.3, 0.4) is 0 Å². The summed E-state index contributed by atoms with van der Waals surface area (Å²) in [7, 11) is 0. The maximum absolute atomic E-state index is 11.5. The number of carboxylic acid groups (broad SMARTS) is 1. The van der Waals surface area contributed by atoms with Gasteiger partial charge in [-0.1, -0.05) is 54.6 Å². The van der Waals surface area contributed by atoms with E-state index in [1.54, 1.807) is 12.1 Å². The first-order valence-electron chi connectivity index (χ1n) is 7.56. The van der Waals surface area contributed by atoms with Crippen LogP contribution in [0.2, 0.25) is 0 Å². The molecule has 0 saturated heterocycles.